The number of nitrogens with one attached hydrogen (secondary N) is 1. The van der Waals surface area contributed by atoms with Gasteiger partial charge in [0.25, 0.3) is 0 Å². The second-order valence-electron chi connectivity index (χ2n) is 7.29. The predicted octanol–water partition coefficient (Wildman–Crippen LogP) is 7.71. The van der Waals surface area contributed by atoms with E-state index in [1.165, 1.54) is 38.2 Å². The molecule has 0 aliphatic carbocycles. The van der Waals surface area contributed by atoms with Crippen molar-refractivity contribution in [1.29, 1.82) is 0 Å². The van der Waals surface area contributed by atoms with Gasteiger partial charge in [-0.3, -0.25) is 0 Å². The van der Waals surface area contributed by atoms with Crippen molar-refractivity contribution in [3.63, 3.8) is 0 Å². The number of aryl methyl sites for hydroxylation is 1. The summed E-state index contributed by atoms with van der Waals surface area (Å²) in [5, 5.41) is 8.65. The molecular weight excluding hydrogens is 338 g/mol. The van der Waals surface area contributed by atoms with Crippen molar-refractivity contribution in [3.05, 3.63) is 109 Å². The molecule has 0 saturated carbocycles. The van der Waals surface area contributed by atoms with Gasteiger partial charge in [0, 0.05) is 11.4 Å². The van der Waals surface area contributed by atoms with Crippen molar-refractivity contribution < 1.29 is 0 Å². The van der Waals surface area contributed by atoms with Crippen LogP contribution in [0.15, 0.2) is 103 Å². The summed E-state index contributed by atoms with van der Waals surface area (Å²) in [5.41, 5.74) is 5.96. The third kappa shape index (κ3) is 3.12. The number of anilines is 2. The first-order valence-corrected chi connectivity index (χ1v) is 9.62. The van der Waals surface area contributed by atoms with Gasteiger partial charge >= 0.3 is 0 Å². The molecule has 0 amide bonds. The highest BCUT2D eigenvalue weighted by molar-refractivity contribution is 6.08. The number of hydrogen-bond donors (Lipinski definition) is 1. The zero-order valence-corrected chi connectivity index (χ0v) is 15.8. The van der Waals surface area contributed by atoms with E-state index in [0.29, 0.717) is 0 Å². The Bertz CT molecular complexity index is 1270. The van der Waals surface area contributed by atoms with Crippen LogP contribution in [0.25, 0.3) is 32.7 Å². The minimum Gasteiger partial charge on any atom is -0.356 e. The third-order valence-corrected chi connectivity index (χ3v) is 5.31. The lowest BCUT2D eigenvalue weighted by Gasteiger charge is -2.10. The lowest BCUT2D eigenvalue weighted by Crippen LogP contribution is -1.90. The minimum absolute atomic E-state index is 1.09. The van der Waals surface area contributed by atoms with E-state index in [4.69, 9.17) is 0 Å². The van der Waals surface area contributed by atoms with Crippen LogP contribution in [-0.2, 0) is 0 Å². The molecule has 0 aromatic heterocycles. The molecule has 0 bridgehead atoms. The molecule has 5 rings (SSSR count). The number of hydrogen-bond acceptors (Lipinski definition) is 1. The molecule has 0 saturated heterocycles. The second kappa shape index (κ2) is 6.86. The number of rotatable bonds is 3. The molecule has 1 nitrogen and oxygen atoms in total. The summed E-state index contributed by atoms with van der Waals surface area (Å²) >= 11 is 0. The van der Waals surface area contributed by atoms with Crippen molar-refractivity contribution in [1.82, 2.24) is 0 Å². The fourth-order valence-corrected chi connectivity index (χ4v) is 3.74. The van der Waals surface area contributed by atoms with E-state index in [9.17, 15) is 0 Å². The predicted molar refractivity (Wildman–Crippen MR) is 121 cm³/mol. The molecule has 0 unspecified atom stereocenters. The molecule has 134 valence electrons. The minimum atomic E-state index is 1.09. The highest BCUT2D eigenvalue weighted by Crippen LogP contribution is 2.29. The Morgan fingerprint density at radius 3 is 1.82 bits per heavy atom. The van der Waals surface area contributed by atoms with E-state index in [2.05, 4.69) is 115 Å². The molecule has 0 radical (unpaired) electrons. The van der Waals surface area contributed by atoms with Crippen LogP contribution in [0.4, 0.5) is 11.4 Å². The molecule has 0 aliphatic rings. The van der Waals surface area contributed by atoms with Crippen molar-refractivity contribution in [2.24, 2.45) is 0 Å². The Labute approximate surface area is 165 Å². The lowest BCUT2D eigenvalue weighted by atomic mass is 10.0. The van der Waals surface area contributed by atoms with Crippen LogP contribution in [0.3, 0.4) is 0 Å². The zero-order chi connectivity index (χ0) is 18.9. The van der Waals surface area contributed by atoms with Gasteiger partial charge in [0.05, 0.1) is 0 Å². The molecule has 5 aromatic rings. The van der Waals surface area contributed by atoms with Crippen LogP contribution in [0, 0.1) is 6.92 Å². The number of fused-ring (bicyclic) bond motifs is 3. The summed E-state index contributed by atoms with van der Waals surface area (Å²) in [6.07, 6.45) is 0. The summed E-state index contributed by atoms with van der Waals surface area (Å²) in [5.74, 6) is 0. The van der Waals surface area contributed by atoms with Gasteiger partial charge in [-0.05, 0) is 63.9 Å². The molecule has 0 aliphatic heterocycles. The van der Waals surface area contributed by atoms with Gasteiger partial charge in [-0.25, -0.2) is 0 Å². The first-order valence-electron chi connectivity index (χ1n) is 9.62. The Morgan fingerprint density at radius 1 is 0.500 bits per heavy atom. The van der Waals surface area contributed by atoms with Gasteiger partial charge in [-0.1, -0.05) is 84.4 Å². The van der Waals surface area contributed by atoms with Gasteiger partial charge in [-0.15, -0.1) is 0 Å². The molecule has 0 fully saturated rings. The molecule has 0 heterocycles. The van der Waals surface area contributed by atoms with E-state index in [1.54, 1.807) is 0 Å². The average molecular weight is 359 g/mol. The zero-order valence-electron chi connectivity index (χ0n) is 15.8. The monoisotopic (exact) mass is 359 g/mol. The topological polar surface area (TPSA) is 12.0 Å². The fourth-order valence-electron chi connectivity index (χ4n) is 3.74. The second-order valence-corrected chi connectivity index (χ2v) is 7.29. The van der Waals surface area contributed by atoms with E-state index < -0.39 is 0 Å². The van der Waals surface area contributed by atoms with Crippen LogP contribution < -0.4 is 5.32 Å². The lowest BCUT2D eigenvalue weighted by molar-refractivity contribution is 1.47. The van der Waals surface area contributed by atoms with Gasteiger partial charge in [0.1, 0.15) is 0 Å². The molecule has 28 heavy (non-hydrogen) atoms. The molecule has 5 aromatic carbocycles. The first-order chi connectivity index (χ1) is 13.8. The van der Waals surface area contributed by atoms with Gasteiger partial charge in [0.2, 0.25) is 0 Å². The maximum atomic E-state index is 3.55. The van der Waals surface area contributed by atoms with Crippen molar-refractivity contribution in [3.8, 4) is 11.1 Å². The standard InChI is InChI=1S/C27H21N/c1-19-6-8-20(9-7-19)21-12-15-24(16-13-21)28-25-17-14-23-11-10-22-4-2-3-5-26(22)27(23)18-25/h2-18,28H,1H3. The smallest absolute Gasteiger partial charge is 0.0390 e. The third-order valence-electron chi connectivity index (χ3n) is 5.31. The summed E-state index contributed by atoms with van der Waals surface area (Å²) in [4.78, 5) is 0. The molecule has 0 spiro atoms. The quantitative estimate of drug-likeness (QED) is 0.325. The van der Waals surface area contributed by atoms with Gasteiger partial charge < -0.3 is 5.32 Å². The summed E-state index contributed by atoms with van der Waals surface area (Å²) in [6, 6.07) is 36.8. The molecule has 0 atom stereocenters. The molecular formula is C27H21N. The number of benzene rings is 5. The van der Waals surface area contributed by atoms with E-state index in [1.807, 2.05) is 0 Å². The van der Waals surface area contributed by atoms with Crippen LogP contribution in [0.5, 0.6) is 0 Å². The highest BCUT2D eigenvalue weighted by Gasteiger charge is 2.03. The largest absolute Gasteiger partial charge is 0.356 e. The van der Waals surface area contributed by atoms with Crippen molar-refractivity contribution in [2.75, 3.05) is 5.32 Å². The summed E-state index contributed by atoms with van der Waals surface area (Å²) in [7, 11) is 0. The van der Waals surface area contributed by atoms with Crippen molar-refractivity contribution >= 4 is 32.9 Å². The van der Waals surface area contributed by atoms with E-state index >= 15 is 0 Å². The van der Waals surface area contributed by atoms with Gasteiger partial charge in [0.15, 0.2) is 0 Å². The van der Waals surface area contributed by atoms with Crippen LogP contribution in [0.1, 0.15) is 5.56 Å². The van der Waals surface area contributed by atoms with Gasteiger partial charge in [-0.2, -0.15) is 0 Å². The Morgan fingerprint density at radius 2 is 1.07 bits per heavy atom. The van der Waals surface area contributed by atoms with Crippen LogP contribution >= 0.6 is 0 Å². The van der Waals surface area contributed by atoms with Crippen LogP contribution in [0.2, 0.25) is 0 Å². The molecule has 1 heteroatoms. The normalized spacial score (nSPS) is 11.0. The van der Waals surface area contributed by atoms with Crippen LogP contribution in [-0.4, -0.2) is 0 Å². The maximum absolute atomic E-state index is 3.55. The highest BCUT2D eigenvalue weighted by atomic mass is 14.9. The summed E-state index contributed by atoms with van der Waals surface area (Å²) in [6.45, 7) is 2.11. The average Bonchev–Trinajstić information content (AvgIpc) is 2.75. The Kier molecular flexibility index (Phi) is 4.06. The molecule has 1 N–H and O–H groups in total. The van der Waals surface area contributed by atoms with Crippen molar-refractivity contribution in [2.45, 2.75) is 6.92 Å². The first kappa shape index (κ1) is 16.6. The van der Waals surface area contributed by atoms with E-state index in [0.717, 1.165) is 11.4 Å². The maximum Gasteiger partial charge on any atom is 0.0390 e. The summed E-state index contributed by atoms with van der Waals surface area (Å²) < 4.78 is 0. The fraction of sp³-hybridized carbons (Fsp3) is 0.0370. The van der Waals surface area contributed by atoms with E-state index in [-0.39, 0.29) is 0 Å². The SMILES string of the molecule is Cc1ccc(-c2ccc(Nc3ccc4ccc5ccccc5c4c3)cc2)cc1. The Hall–Kier alpha value is -3.58. The Balaban J connectivity index is 1.46.